The van der Waals surface area contributed by atoms with Crippen LogP contribution in [0.3, 0.4) is 0 Å². The summed E-state index contributed by atoms with van der Waals surface area (Å²) in [7, 11) is 0. The van der Waals surface area contributed by atoms with E-state index in [4.69, 9.17) is 14.2 Å². The van der Waals surface area contributed by atoms with Crippen LogP contribution in [0.25, 0.3) is 11.4 Å². The lowest BCUT2D eigenvalue weighted by Gasteiger charge is -1.86. The maximum Gasteiger partial charge on any atom is 0.226 e. The van der Waals surface area contributed by atoms with Crippen molar-refractivity contribution in [1.29, 1.82) is 5.26 Å². The van der Waals surface area contributed by atoms with E-state index in [1.54, 1.807) is 18.6 Å². The van der Waals surface area contributed by atoms with Gasteiger partial charge in [0.2, 0.25) is 11.7 Å². The fraction of sp³-hybridized carbons (Fsp3) is 0.300. The van der Waals surface area contributed by atoms with Crippen LogP contribution in [-0.4, -0.2) is 10.1 Å². The van der Waals surface area contributed by atoms with E-state index in [9.17, 15) is 0 Å². The van der Waals surface area contributed by atoms with Gasteiger partial charge in [-0.3, -0.25) is 0 Å². The fourth-order valence-corrected chi connectivity index (χ4v) is 1.18. The van der Waals surface area contributed by atoms with Crippen LogP contribution in [0.4, 0.5) is 0 Å². The van der Waals surface area contributed by atoms with Crippen molar-refractivity contribution in [2.45, 2.75) is 19.3 Å². The Hall–Kier alpha value is -2.09. The van der Waals surface area contributed by atoms with Crippen molar-refractivity contribution in [2.24, 2.45) is 0 Å². The Kier molecular flexibility index (Phi) is 2.79. The van der Waals surface area contributed by atoms with Crippen LogP contribution in [0.2, 0.25) is 0 Å². The SMILES string of the molecule is N#CCCCc1nc(-c2ccoc2)no1. The van der Waals surface area contributed by atoms with E-state index >= 15 is 0 Å². The van der Waals surface area contributed by atoms with E-state index in [2.05, 4.69) is 16.2 Å². The van der Waals surface area contributed by atoms with Crippen LogP contribution in [0, 0.1) is 11.3 Å². The molecular formula is C10H9N3O2. The molecule has 5 nitrogen and oxygen atoms in total. The summed E-state index contributed by atoms with van der Waals surface area (Å²) in [4.78, 5) is 4.18. The van der Waals surface area contributed by atoms with Crippen molar-refractivity contribution >= 4 is 0 Å². The number of unbranched alkanes of at least 4 members (excludes halogenated alkanes) is 1. The van der Waals surface area contributed by atoms with E-state index in [0.717, 1.165) is 12.0 Å². The molecule has 0 fully saturated rings. The predicted octanol–water partition coefficient (Wildman–Crippen LogP) is 2.18. The first-order valence-electron chi connectivity index (χ1n) is 4.62. The van der Waals surface area contributed by atoms with Gasteiger partial charge in [0, 0.05) is 12.8 Å². The van der Waals surface area contributed by atoms with E-state index in [1.165, 1.54) is 0 Å². The zero-order valence-corrected chi connectivity index (χ0v) is 8.01. The molecule has 2 rings (SSSR count). The van der Waals surface area contributed by atoms with Crippen LogP contribution < -0.4 is 0 Å². The molecule has 0 aromatic carbocycles. The topological polar surface area (TPSA) is 75.8 Å². The van der Waals surface area contributed by atoms with Crippen LogP contribution >= 0.6 is 0 Å². The van der Waals surface area contributed by atoms with Gasteiger partial charge >= 0.3 is 0 Å². The van der Waals surface area contributed by atoms with Gasteiger partial charge in [-0.2, -0.15) is 10.2 Å². The summed E-state index contributed by atoms with van der Waals surface area (Å²) in [5.41, 5.74) is 0.797. The molecule has 2 heterocycles. The Morgan fingerprint density at radius 3 is 3.13 bits per heavy atom. The molecule has 76 valence electrons. The van der Waals surface area contributed by atoms with Gasteiger partial charge in [-0.25, -0.2) is 0 Å². The highest BCUT2D eigenvalue weighted by molar-refractivity contribution is 5.51. The highest BCUT2D eigenvalue weighted by atomic mass is 16.5. The van der Waals surface area contributed by atoms with Gasteiger partial charge in [0.05, 0.1) is 17.9 Å². The van der Waals surface area contributed by atoms with Gasteiger partial charge in [0.25, 0.3) is 0 Å². The van der Waals surface area contributed by atoms with Crippen LogP contribution in [-0.2, 0) is 6.42 Å². The van der Waals surface area contributed by atoms with E-state index in [1.807, 2.05) is 0 Å². The number of rotatable bonds is 4. The molecule has 0 atom stereocenters. The summed E-state index contributed by atoms with van der Waals surface area (Å²) in [6, 6.07) is 3.84. The summed E-state index contributed by atoms with van der Waals surface area (Å²) in [5, 5.41) is 12.2. The molecule has 0 saturated heterocycles. The third-order valence-electron chi connectivity index (χ3n) is 1.93. The summed E-state index contributed by atoms with van der Waals surface area (Å²) in [6.07, 6.45) is 5.00. The minimum absolute atomic E-state index is 0.503. The monoisotopic (exact) mass is 203 g/mol. The third-order valence-corrected chi connectivity index (χ3v) is 1.93. The summed E-state index contributed by atoms with van der Waals surface area (Å²) < 4.78 is 9.93. The van der Waals surface area contributed by atoms with Crippen LogP contribution in [0.1, 0.15) is 18.7 Å². The summed E-state index contributed by atoms with van der Waals surface area (Å²) >= 11 is 0. The first kappa shape index (κ1) is 9.46. The zero-order valence-electron chi connectivity index (χ0n) is 8.01. The zero-order chi connectivity index (χ0) is 10.5. The lowest BCUT2D eigenvalue weighted by Crippen LogP contribution is -1.84. The lowest BCUT2D eigenvalue weighted by molar-refractivity contribution is 0.376. The quantitative estimate of drug-likeness (QED) is 0.712. The van der Waals surface area contributed by atoms with E-state index in [-0.39, 0.29) is 0 Å². The molecular weight excluding hydrogens is 194 g/mol. The normalized spacial score (nSPS) is 10.1. The van der Waals surface area contributed by atoms with E-state index < -0.39 is 0 Å². The minimum atomic E-state index is 0.503. The second-order valence-corrected chi connectivity index (χ2v) is 3.04. The first-order chi connectivity index (χ1) is 7.40. The molecule has 15 heavy (non-hydrogen) atoms. The first-order valence-corrected chi connectivity index (χ1v) is 4.62. The van der Waals surface area contributed by atoms with Crippen molar-refractivity contribution < 1.29 is 8.94 Å². The van der Waals surface area contributed by atoms with Crippen molar-refractivity contribution in [3.8, 4) is 17.5 Å². The molecule has 0 amide bonds. The number of aromatic nitrogens is 2. The molecule has 0 unspecified atom stereocenters. The second-order valence-electron chi connectivity index (χ2n) is 3.04. The highest BCUT2D eigenvalue weighted by Gasteiger charge is 2.08. The van der Waals surface area contributed by atoms with E-state index in [0.29, 0.717) is 24.6 Å². The summed E-state index contributed by atoms with van der Waals surface area (Å²) in [6.45, 7) is 0. The molecule has 0 N–H and O–H groups in total. The second kappa shape index (κ2) is 4.42. The van der Waals surface area contributed by atoms with Gasteiger partial charge in [0.15, 0.2) is 0 Å². The number of nitriles is 1. The maximum absolute atomic E-state index is 8.37. The van der Waals surface area contributed by atoms with Crippen LogP contribution in [0.5, 0.6) is 0 Å². The number of hydrogen-bond acceptors (Lipinski definition) is 5. The van der Waals surface area contributed by atoms with Crippen molar-refractivity contribution in [2.75, 3.05) is 0 Å². The maximum atomic E-state index is 8.37. The van der Waals surface area contributed by atoms with Crippen molar-refractivity contribution in [1.82, 2.24) is 10.1 Å². The number of aryl methyl sites for hydroxylation is 1. The van der Waals surface area contributed by atoms with Gasteiger partial charge in [-0.1, -0.05) is 5.16 Å². The molecule has 0 aliphatic heterocycles. The molecule has 2 aromatic heterocycles. The Balaban J connectivity index is 2.02. The van der Waals surface area contributed by atoms with Gasteiger partial charge < -0.3 is 8.94 Å². The molecule has 5 heteroatoms. The largest absolute Gasteiger partial charge is 0.472 e. The Bertz CT molecular complexity index is 453. The number of furan rings is 1. The average Bonchev–Trinajstić information content (AvgIpc) is 2.87. The Labute approximate surface area is 86.3 Å². The molecule has 0 radical (unpaired) electrons. The smallest absolute Gasteiger partial charge is 0.226 e. The van der Waals surface area contributed by atoms with Crippen LogP contribution in [0.15, 0.2) is 27.5 Å². The molecule has 0 aliphatic carbocycles. The van der Waals surface area contributed by atoms with Crippen molar-refractivity contribution in [3.63, 3.8) is 0 Å². The average molecular weight is 203 g/mol. The Morgan fingerprint density at radius 2 is 2.40 bits per heavy atom. The lowest BCUT2D eigenvalue weighted by atomic mass is 10.2. The molecule has 0 spiro atoms. The number of hydrogen-bond donors (Lipinski definition) is 0. The molecule has 0 saturated carbocycles. The minimum Gasteiger partial charge on any atom is -0.472 e. The van der Waals surface area contributed by atoms with Crippen molar-refractivity contribution in [3.05, 3.63) is 24.5 Å². The molecule has 0 aliphatic rings. The van der Waals surface area contributed by atoms with Gasteiger partial charge in [-0.15, -0.1) is 0 Å². The van der Waals surface area contributed by atoms with Gasteiger partial charge in [0.1, 0.15) is 6.26 Å². The third kappa shape index (κ3) is 2.23. The molecule has 0 bridgehead atoms. The Morgan fingerprint density at radius 1 is 1.47 bits per heavy atom. The fourth-order valence-electron chi connectivity index (χ4n) is 1.18. The number of nitrogens with zero attached hydrogens (tertiary/aromatic N) is 3. The standard InChI is InChI=1S/C10H9N3O2/c11-5-2-1-3-9-12-10(13-15-9)8-4-6-14-7-8/h4,6-7H,1-3H2. The summed E-state index contributed by atoms with van der Waals surface area (Å²) in [5.74, 6) is 1.08. The van der Waals surface area contributed by atoms with Gasteiger partial charge in [-0.05, 0) is 12.5 Å². The molecule has 2 aromatic rings. The predicted molar refractivity (Wildman–Crippen MR) is 50.6 cm³/mol. The highest BCUT2D eigenvalue weighted by Crippen LogP contribution is 2.16.